The fourth-order valence-corrected chi connectivity index (χ4v) is 1.91. The molecule has 2 rings (SSSR count). The van der Waals surface area contributed by atoms with Crippen molar-refractivity contribution in [1.82, 2.24) is 4.98 Å². The number of rotatable bonds is 2. The Hall–Kier alpha value is -1.94. The molecule has 0 saturated heterocycles. The Morgan fingerprint density at radius 2 is 2.05 bits per heavy atom. The summed E-state index contributed by atoms with van der Waals surface area (Å²) in [7, 11) is 0. The van der Waals surface area contributed by atoms with E-state index in [1.165, 1.54) is 0 Å². The maximum atomic E-state index is 13.1. The highest BCUT2D eigenvalue weighted by atomic mass is 35.5. The van der Waals surface area contributed by atoms with E-state index >= 15 is 0 Å². The predicted molar refractivity (Wildman–Crippen MR) is 73.1 cm³/mol. The van der Waals surface area contributed by atoms with Gasteiger partial charge in [-0.05, 0) is 31.5 Å². The Bertz CT molecular complexity index is 643. The molecule has 3 nitrogen and oxygen atoms in total. The summed E-state index contributed by atoms with van der Waals surface area (Å²) in [5, 5.41) is 2.67. The van der Waals surface area contributed by atoms with Crippen LogP contribution in [0.15, 0.2) is 30.5 Å². The molecule has 98 valence electrons. The second kappa shape index (κ2) is 5.36. The zero-order valence-corrected chi connectivity index (χ0v) is 11.3. The van der Waals surface area contributed by atoms with Crippen LogP contribution < -0.4 is 5.32 Å². The summed E-state index contributed by atoms with van der Waals surface area (Å²) in [6.45, 7) is 3.85. The quantitative estimate of drug-likeness (QED) is 0.850. The van der Waals surface area contributed by atoms with E-state index in [0.29, 0.717) is 5.69 Å². The molecule has 0 unspecified atom stereocenters. The van der Waals surface area contributed by atoms with E-state index in [2.05, 4.69) is 10.3 Å². The molecule has 2 aromatic rings. The van der Waals surface area contributed by atoms with E-state index in [1.807, 2.05) is 26.0 Å². The zero-order valence-electron chi connectivity index (χ0n) is 10.5. The highest BCUT2D eigenvalue weighted by Gasteiger charge is 2.13. The molecule has 1 aromatic heterocycles. The first kappa shape index (κ1) is 13.5. The van der Waals surface area contributed by atoms with Crippen LogP contribution in [0.2, 0.25) is 5.15 Å². The molecule has 0 atom stereocenters. The molecule has 1 N–H and O–H groups in total. The van der Waals surface area contributed by atoms with Crippen molar-refractivity contribution in [3.8, 4) is 0 Å². The lowest BCUT2D eigenvalue weighted by molar-refractivity contribution is 0.102. The van der Waals surface area contributed by atoms with Crippen molar-refractivity contribution in [2.45, 2.75) is 13.8 Å². The second-order valence-electron chi connectivity index (χ2n) is 4.26. The molecule has 5 heteroatoms. The molecule has 0 aliphatic heterocycles. The topological polar surface area (TPSA) is 42.0 Å². The Kier molecular flexibility index (Phi) is 3.81. The molecular weight excluding hydrogens is 267 g/mol. The second-order valence-corrected chi connectivity index (χ2v) is 4.62. The van der Waals surface area contributed by atoms with Crippen molar-refractivity contribution in [2.75, 3.05) is 5.32 Å². The number of aryl methyl sites for hydroxylation is 2. The zero-order chi connectivity index (χ0) is 14.0. The van der Waals surface area contributed by atoms with E-state index in [-0.39, 0.29) is 10.7 Å². The van der Waals surface area contributed by atoms with Gasteiger partial charge in [0, 0.05) is 5.69 Å². The Morgan fingerprint density at radius 3 is 2.74 bits per heavy atom. The lowest BCUT2D eigenvalue weighted by Gasteiger charge is -2.09. The van der Waals surface area contributed by atoms with Crippen molar-refractivity contribution in [3.05, 3.63) is 58.1 Å². The van der Waals surface area contributed by atoms with Gasteiger partial charge >= 0.3 is 0 Å². The Labute approximate surface area is 115 Å². The number of halogens is 2. The lowest BCUT2D eigenvalue weighted by Crippen LogP contribution is -2.14. The number of aromatic nitrogens is 1. The molecule has 0 aliphatic carbocycles. The number of carbonyl (C=O) groups is 1. The third-order valence-corrected chi connectivity index (χ3v) is 2.98. The summed E-state index contributed by atoms with van der Waals surface area (Å²) in [5.41, 5.74) is 2.70. The monoisotopic (exact) mass is 278 g/mol. The number of nitrogens with zero attached hydrogens (tertiary/aromatic N) is 1. The van der Waals surface area contributed by atoms with Crippen LogP contribution in [0.3, 0.4) is 0 Å². The minimum atomic E-state index is -0.602. The van der Waals surface area contributed by atoms with Crippen LogP contribution in [0, 0.1) is 19.7 Å². The molecule has 1 aromatic carbocycles. The van der Waals surface area contributed by atoms with Gasteiger partial charge in [-0.3, -0.25) is 4.79 Å². The molecule has 0 aliphatic rings. The fraction of sp³-hybridized carbons (Fsp3) is 0.143. The molecule has 19 heavy (non-hydrogen) atoms. The van der Waals surface area contributed by atoms with Gasteiger partial charge in [-0.2, -0.15) is 0 Å². The summed E-state index contributed by atoms with van der Waals surface area (Å²) in [6, 6.07) is 6.69. The van der Waals surface area contributed by atoms with Crippen molar-refractivity contribution in [3.63, 3.8) is 0 Å². The van der Waals surface area contributed by atoms with Gasteiger partial charge in [0.2, 0.25) is 0 Å². The lowest BCUT2D eigenvalue weighted by atomic mass is 10.1. The third-order valence-electron chi connectivity index (χ3n) is 2.68. The van der Waals surface area contributed by atoms with Crippen LogP contribution in [-0.2, 0) is 0 Å². The molecule has 0 radical (unpaired) electrons. The standard InChI is InChI=1S/C14H12ClFN2O/c1-8-3-4-12(9(2)5-8)18-14(19)11-6-10(16)7-17-13(11)15/h3-7H,1-2H3,(H,18,19). The summed E-state index contributed by atoms with van der Waals surface area (Å²) >= 11 is 5.78. The van der Waals surface area contributed by atoms with Crippen LogP contribution in [0.4, 0.5) is 10.1 Å². The number of hydrogen-bond donors (Lipinski definition) is 1. The van der Waals surface area contributed by atoms with Crippen LogP contribution in [-0.4, -0.2) is 10.9 Å². The highest BCUT2D eigenvalue weighted by Crippen LogP contribution is 2.19. The van der Waals surface area contributed by atoms with Crippen LogP contribution >= 0.6 is 11.6 Å². The molecule has 0 fully saturated rings. The molecule has 1 amide bonds. The Balaban J connectivity index is 2.28. The summed E-state index contributed by atoms with van der Waals surface area (Å²) in [5.74, 6) is -1.08. The minimum absolute atomic E-state index is 0.0154. The molecule has 0 saturated carbocycles. The van der Waals surface area contributed by atoms with E-state index in [9.17, 15) is 9.18 Å². The summed E-state index contributed by atoms with van der Waals surface area (Å²) in [4.78, 5) is 15.6. The van der Waals surface area contributed by atoms with Crippen molar-refractivity contribution >= 4 is 23.2 Å². The number of amides is 1. The third kappa shape index (κ3) is 3.09. The molecular formula is C14H12ClFN2O. The summed E-state index contributed by atoms with van der Waals surface area (Å²) in [6.07, 6.45) is 0.968. The molecule has 0 spiro atoms. The summed E-state index contributed by atoms with van der Waals surface area (Å²) < 4.78 is 13.1. The first-order valence-electron chi connectivity index (χ1n) is 5.67. The first-order valence-corrected chi connectivity index (χ1v) is 6.05. The van der Waals surface area contributed by atoms with Crippen LogP contribution in [0.5, 0.6) is 0 Å². The SMILES string of the molecule is Cc1ccc(NC(=O)c2cc(F)cnc2Cl)c(C)c1. The predicted octanol–water partition coefficient (Wildman–Crippen LogP) is 3.74. The fourth-order valence-electron chi connectivity index (χ4n) is 1.73. The van der Waals surface area contributed by atoms with Gasteiger partial charge in [0.1, 0.15) is 11.0 Å². The van der Waals surface area contributed by atoms with Crippen LogP contribution in [0.25, 0.3) is 0 Å². The number of pyridine rings is 1. The number of carbonyl (C=O) groups excluding carboxylic acids is 1. The maximum absolute atomic E-state index is 13.1. The number of benzene rings is 1. The normalized spacial score (nSPS) is 10.3. The average molecular weight is 279 g/mol. The Morgan fingerprint density at radius 1 is 1.32 bits per heavy atom. The van der Waals surface area contributed by atoms with Gasteiger partial charge in [0.15, 0.2) is 0 Å². The number of anilines is 1. The van der Waals surface area contributed by atoms with Gasteiger partial charge in [-0.25, -0.2) is 9.37 Å². The number of hydrogen-bond acceptors (Lipinski definition) is 2. The average Bonchev–Trinajstić information content (AvgIpc) is 2.35. The van der Waals surface area contributed by atoms with E-state index in [0.717, 1.165) is 23.4 Å². The van der Waals surface area contributed by atoms with Gasteiger partial charge in [0.25, 0.3) is 5.91 Å². The highest BCUT2D eigenvalue weighted by molar-refractivity contribution is 6.33. The van der Waals surface area contributed by atoms with Crippen molar-refractivity contribution < 1.29 is 9.18 Å². The van der Waals surface area contributed by atoms with Gasteiger partial charge in [-0.15, -0.1) is 0 Å². The number of nitrogens with one attached hydrogen (secondary N) is 1. The molecule has 1 heterocycles. The minimum Gasteiger partial charge on any atom is -0.322 e. The van der Waals surface area contributed by atoms with Crippen LogP contribution in [0.1, 0.15) is 21.5 Å². The van der Waals surface area contributed by atoms with Gasteiger partial charge in [-0.1, -0.05) is 29.3 Å². The van der Waals surface area contributed by atoms with Crippen molar-refractivity contribution in [1.29, 1.82) is 0 Å². The van der Waals surface area contributed by atoms with Gasteiger partial charge < -0.3 is 5.32 Å². The van der Waals surface area contributed by atoms with Gasteiger partial charge in [0.05, 0.1) is 11.8 Å². The van der Waals surface area contributed by atoms with E-state index < -0.39 is 11.7 Å². The van der Waals surface area contributed by atoms with Crippen molar-refractivity contribution in [2.24, 2.45) is 0 Å². The van der Waals surface area contributed by atoms with E-state index in [4.69, 9.17) is 11.6 Å². The largest absolute Gasteiger partial charge is 0.322 e. The maximum Gasteiger partial charge on any atom is 0.258 e. The van der Waals surface area contributed by atoms with E-state index in [1.54, 1.807) is 6.07 Å². The molecule has 0 bridgehead atoms. The first-order chi connectivity index (χ1) is 8.97. The smallest absolute Gasteiger partial charge is 0.258 e.